The molecule has 6 nitrogen and oxygen atoms in total. The molecule has 1 aromatic carbocycles. The first-order valence-electron chi connectivity index (χ1n) is 10.5. The highest BCUT2D eigenvalue weighted by molar-refractivity contribution is 7.99. The van der Waals surface area contributed by atoms with Crippen molar-refractivity contribution in [3.8, 4) is 0 Å². The minimum Gasteiger partial charge on any atom is -0.353 e. The van der Waals surface area contributed by atoms with Gasteiger partial charge in [0, 0.05) is 12.2 Å². The van der Waals surface area contributed by atoms with Crippen LogP contribution in [-0.2, 0) is 17.8 Å². The number of nitrogens with zero attached hydrogens (tertiary/aromatic N) is 2. The molecule has 1 aliphatic rings. The van der Waals surface area contributed by atoms with E-state index in [0.717, 1.165) is 25.0 Å². The molecule has 2 aromatic heterocycles. The van der Waals surface area contributed by atoms with Crippen LogP contribution in [0.4, 0.5) is 0 Å². The van der Waals surface area contributed by atoms with Crippen LogP contribution in [0.25, 0.3) is 11.0 Å². The van der Waals surface area contributed by atoms with Crippen molar-refractivity contribution in [2.45, 2.75) is 57.8 Å². The van der Waals surface area contributed by atoms with E-state index in [1.807, 2.05) is 25.1 Å². The zero-order valence-corrected chi connectivity index (χ0v) is 18.5. The zero-order chi connectivity index (χ0) is 21.3. The van der Waals surface area contributed by atoms with Crippen molar-refractivity contribution < 1.29 is 4.79 Å². The van der Waals surface area contributed by atoms with E-state index in [1.165, 1.54) is 22.9 Å². The van der Waals surface area contributed by atoms with E-state index in [-0.39, 0.29) is 23.3 Å². The molecule has 0 fully saturated rings. The van der Waals surface area contributed by atoms with Crippen molar-refractivity contribution >= 4 is 28.7 Å². The first-order valence-corrected chi connectivity index (χ1v) is 11.5. The third-order valence-corrected chi connectivity index (χ3v) is 6.54. The lowest BCUT2D eigenvalue weighted by Crippen LogP contribution is -2.29. The fourth-order valence-electron chi connectivity index (χ4n) is 3.98. The summed E-state index contributed by atoms with van der Waals surface area (Å²) in [5.74, 6) is 0.681. The summed E-state index contributed by atoms with van der Waals surface area (Å²) in [4.78, 5) is 33.5. The molecule has 0 unspecified atom stereocenters. The fourth-order valence-corrected chi connectivity index (χ4v) is 4.82. The van der Waals surface area contributed by atoms with Crippen LogP contribution in [-0.4, -0.2) is 26.2 Å². The van der Waals surface area contributed by atoms with E-state index in [0.29, 0.717) is 28.7 Å². The fraction of sp³-hybridized carbons (Fsp3) is 0.435. The van der Waals surface area contributed by atoms with E-state index < -0.39 is 0 Å². The Bertz CT molecular complexity index is 1130. The standard InChI is InChI=1S/C23H28N4O2S/c1-14(2)10-11-27-22(29)21-19(12-15(3)24-21)26-23(27)30-13-20(28)25-18-9-8-16-6-4-5-7-17(16)18/h4-7,12,14,18,24H,8-11,13H2,1-3H3,(H,25,28)/t18-/m0/s1. The number of amides is 1. The van der Waals surface area contributed by atoms with E-state index in [2.05, 4.69) is 41.3 Å². The van der Waals surface area contributed by atoms with Crippen molar-refractivity contribution in [1.82, 2.24) is 19.9 Å². The van der Waals surface area contributed by atoms with Gasteiger partial charge in [-0.2, -0.15) is 0 Å². The Morgan fingerprint density at radius 1 is 1.37 bits per heavy atom. The van der Waals surface area contributed by atoms with Gasteiger partial charge in [-0.3, -0.25) is 14.2 Å². The van der Waals surface area contributed by atoms with Gasteiger partial charge in [0.05, 0.1) is 17.3 Å². The van der Waals surface area contributed by atoms with Crippen LogP contribution >= 0.6 is 11.8 Å². The largest absolute Gasteiger partial charge is 0.353 e. The van der Waals surface area contributed by atoms with Gasteiger partial charge >= 0.3 is 0 Å². The minimum atomic E-state index is -0.0682. The Balaban J connectivity index is 1.50. The number of thioether (sulfide) groups is 1. The predicted octanol–water partition coefficient (Wildman–Crippen LogP) is 3.97. The van der Waals surface area contributed by atoms with E-state index in [9.17, 15) is 9.59 Å². The van der Waals surface area contributed by atoms with Crippen molar-refractivity contribution in [2.75, 3.05) is 5.75 Å². The lowest BCUT2D eigenvalue weighted by atomic mass is 10.1. The zero-order valence-electron chi connectivity index (χ0n) is 17.7. The quantitative estimate of drug-likeness (QED) is 0.444. The summed E-state index contributed by atoms with van der Waals surface area (Å²) in [5.41, 5.74) is 4.56. The minimum absolute atomic E-state index is 0.0308. The number of nitrogens with one attached hydrogen (secondary N) is 2. The van der Waals surface area contributed by atoms with Gasteiger partial charge in [-0.25, -0.2) is 4.98 Å². The molecule has 0 saturated heterocycles. The molecule has 3 aromatic rings. The van der Waals surface area contributed by atoms with Crippen LogP contribution in [0.2, 0.25) is 0 Å². The van der Waals surface area contributed by atoms with Crippen molar-refractivity contribution in [1.29, 1.82) is 0 Å². The summed E-state index contributed by atoms with van der Waals surface area (Å²) in [6.07, 6.45) is 2.81. The SMILES string of the molecule is Cc1cc2nc(SCC(=O)N[C@H]3CCc4ccccc43)n(CCC(C)C)c(=O)c2[nH]1. The van der Waals surface area contributed by atoms with Gasteiger partial charge in [-0.15, -0.1) is 0 Å². The molecular weight excluding hydrogens is 396 g/mol. The number of aromatic amines is 1. The van der Waals surface area contributed by atoms with Crippen LogP contribution in [0.3, 0.4) is 0 Å². The highest BCUT2D eigenvalue weighted by Gasteiger charge is 2.23. The summed E-state index contributed by atoms with van der Waals surface area (Å²) >= 11 is 1.34. The van der Waals surface area contributed by atoms with E-state index in [1.54, 1.807) is 4.57 Å². The second kappa shape index (κ2) is 8.68. The molecule has 0 saturated carbocycles. The highest BCUT2D eigenvalue weighted by Crippen LogP contribution is 2.30. The molecule has 1 amide bonds. The molecule has 0 bridgehead atoms. The molecule has 0 radical (unpaired) electrons. The van der Waals surface area contributed by atoms with Gasteiger partial charge in [-0.1, -0.05) is 49.9 Å². The number of carbonyl (C=O) groups is 1. The van der Waals surface area contributed by atoms with Gasteiger partial charge in [0.25, 0.3) is 5.56 Å². The number of hydrogen-bond donors (Lipinski definition) is 2. The van der Waals surface area contributed by atoms with Crippen LogP contribution in [0.15, 0.2) is 40.3 Å². The number of rotatable bonds is 7. The number of aromatic nitrogens is 3. The first kappa shape index (κ1) is 20.7. The van der Waals surface area contributed by atoms with Crippen molar-refractivity contribution in [3.63, 3.8) is 0 Å². The maximum absolute atomic E-state index is 13.0. The third kappa shape index (κ3) is 4.31. The number of H-pyrrole nitrogens is 1. The van der Waals surface area contributed by atoms with Crippen LogP contribution < -0.4 is 10.9 Å². The lowest BCUT2D eigenvalue weighted by molar-refractivity contribution is -0.119. The van der Waals surface area contributed by atoms with Gasteiger partial charge in [-0.05, 0) is 49.3 Å². The predicted molar refractivity (Wildman–Crippen MR) is 121 cm³/mol. The normalized spacial score (nSPS) is 15.7. The Hall–Kier alpha value is -2.54. The monoisotopic (exact) mass is 424 g/mol. The van der Waals surface area contributed by atoms with E-state index in [4.69, 9.17) is 0 Å². The Morgan fingerprint density at radius 2 is 2.17 bits per heavy atom. The average Bonchev–Trinajstić information content (AvgIpc) is 3.29. The average molecular weight is 425 g/mol. The second-order valence-corrected chi connectivity index (χ2v) is 9.34. The number of carbonyl (C=O) groups excluding carboxylic acids is 1. The Labute approximate surface area is 180 Å². The summed E-state index contributed by atoms with van der Waals surface area (Å²) in [5, 5.41) is 3.76. The summed E-state index contributed by atoms with van der Waals surface area (Å²) in [7, 11) is 0. The molecule has 2 N–H and O–H groups in total. The van der Waals surface area contributed by atoms with Gasteiger partial charge in [0.1, 0.15) is 5.52 Å². The molecule has 0 spiro atoms. The molecule has 1 atom stereocenters. The van der Waals surface area contributed by atoms with Gasteiger partial charge in [0.15, 0.2) is 5.16 Å². The summed E-state index contributed by atoms with van der Waals surface area (Å²) < 4.78 is 1.71. The molecule has 0 aliphatic heterocycles. The molecule has 4 rings (SSSR count). The molecule has 2 heterocycles. The molecule has 7 heteroatoms. The number of hydrogen-bond acceptors (Lipinski definition) is 4. The lowest BCUT2D eigenvalue weighted by Gasteiger charge is -2.15. The van der Waals surface area contributed by atoms with Crippen molar-refractivity contribution in [3.05, 3.63) is 57.5 Å². The Kier molecular flexibility index (Phi) is 5.99. The van der Waals surface area contributed by atoms with Crippen LogP contribution in [0, 0.1) is 12.8 Å². The number of fused-ring (bicyclic) bond motifs is 2. The van der Waals surface area contributed by atoms with Gasteiger partial charge in [0.2, 0.25) is 5.91 Å². The molecular formula is C23H28N4O2S. The summed E-state index contributed by atoms with van der Waals surface area (Å²) in [6.45, 7) is 6.78. The third-order valence-electron chi connectivity index (χ3n) is 5.57. The maximum Gasteiger partial charge on any atom is 0.278 e. The highest BCUT2D eigenvalue weighted by atomic mass is 32.2. The van der Waals surface area contributed by atoms with Gasteiger partial charge < -0.3 is 10.3 Å². The number of aryl methyl sites for hydroxylation is 2. The smallest absolute Gasteiger partial charge is 0.278 e. The first-order chi connectivity index (χ1) is 14.4. The summed E-state index contributed by atoms with van der Waals surface area (Å²) in [6, 6.07) is 10.2. The number of benzene rings is 1. The maximum atomic E-state index is 13.0. The molecule has 1 aliphatic carbocycles. The molecule has 30 heavy (non-hydrogen) atoms. The second-order valence-electron chi connectivity index (χ2n) is 8.39. The van der Waals surface area contributed by atoms with Crippen LogP contribution in [0.1, 0.15) is 49.6 Å². The Morgan fingerprint density at radius 3 is 2.97 bits per heavy atom. The topological polar surface area (TPSA) is 79.8 Å². The van der Waals surface area contributed by atoms with Crippen molar-refractivity contribution in [2.24, 2.45) is 5.92 Å². The van der Waals surface area contributed by atoms with Crippen LogP contribution in [0.5, 0.6) is 0 Å². The molecule has 158 valence electrons. The van der Waals surface area contributed by atoms with E-state index >= 15 is 0 Å².